The van der Waals surface area contributed by atoms with Crippen molar-refractivity contribution in [1.82, 2.24) is 10.3 Å². The Labute approximate surface area is 155 Å². The van der Waals surface area contributed by atoms with Crippen molar-refractivity contribution in [2.75, 3.05) is 7.11 Å². The van der Waals surface area contributed by atoms with Gasteiger partial charge in [0, 0.05) is 10.9 Å². The number of carboxylic acids is 1. The Bertz CT molecular complexity index is 785. The molecule has 1 aromatic carbocycles. The summed E-state index contributed by atoms with van der Waals surface area (Å²) in [6.45, 7) is 0.299. The highest BCUT2D eigenvalue weighted by molar-refractivity contribution is 7.07. The van der Waals surface area contributed by atoms with E-state index >= 15 is 0 Å². The van der Waals surface area contributed by atoms with Gasteiger partial charge in [0.2, 0.25) is 0 Å². The lowest BCUT2D eigenvalue weighted by atomic mass is 9.97. The molecule has 0 aliphatic heterocycles. The molecule has 1 amide bonds. The van der Waals surface area contributed by atoms with Crippen LogP contribution in [-0.2, 0) is 11.4 Å². The van der Waals surface area contributed by atoms with Crippen LogP contribution < -0.4 is 14.8 Å². The van der Waals surface area contributed by atoms with Crippen LogP contribution in [0.25, 0.3) is 0 Å². The van der Waals surface area contributed by atoms with Crippen LogP contribution in [0.2, 0.25) is 0 Å². The zero-order valence-electron chi connectivity index (χ0n) is 14.4. The highest BCUT2D eigenvalue weighted by Crippen LogP contribution is 2.32. The van der Waals surface area contributed by atoms with Crippen molar-refractivity contribution >= 4 is 23.2 Å². The lowest BCUT2D eigenvalue weighted by Gasteiger charge is -2.25. The number of amides is 1. The molecule has 0 unspecified atom stereocenters. The third kappa shape index (κ3) is 3.80. The van der Waals surface area contributed by atoms with Crippen molar-refractivity contribution in [1.29, 1.82) is 0 Å². The van der Waals surface area contributed by atoms with E-state index in [2.05, 4.69) is 10.3 Å². The molecule has 8 heteroatoms. The fraction of sp³-hybridized carbons (Fsp3) is 0.389. The quantitative estimate of drug-likeness (QED) is 0.771. The molecule has 1 aliphatic carbocycles. The summed E-state index contributed by atoms with van der Waals surface area (Å²) in [7, 11) is 1.49. The van der Waals surface area contributed by atoms with Crippen molar-refractivity contribution in [2.45, 2.75) is 37.8 Å². The summed E-state index contributed by atoms with van der Waals surface area (Å²) in [5, 5.41) is 14.1. The number of ether oxygens (including phenoxy) is 2. The van der Waals surface area contributed by atoms with Gasteiger partial charge >= 0.3 is 5.97 Å². The molecule has 0 saturated heterocycles. The molecule has 26 heavy (non-hydrogen) atoms. The molecule has 0 radical (unpaired) electrons. The van der Waals surface area contributed by atoms with Gasteiger partial charge in [-0.1, -0.05) is 12.8 Å². The van der Waals surface area contributed by atoms with Gasteiger partial charge < -0.3 is 19.9 Å². The van der Waals surface area contributed by atoms with Crippen molar-refractivity contribution in [3.05, 3.63) is 40.3 Å². The van der Waals surface area contributed by atoms with E-state index in [4.69, 9.17) is 9.47 Å². The minimum absolute atomic E-state index is 0.299. The lowest BCUT2D eigenvalue weighted by Crippen LogP contribution is -2.52. The van der Waals surface area contributed by atoms with Crippen LogP contribution in [0.1, 0.15) is 41.7 Å². The Morgan fingerprint density at radius 2 is 2.08 bits per heavy atom. The van der Waals surface area contributed by atoms with Crippen molar-refractivity contribution in [3.8, 4) is 11.5 Å². The molecule has 1 heterocycles. The minimum atomic E-state index is -1.18. The fourth-order valence-corrected chi connectivity index (χ4v) is 3.59. The minimum Gasteiger partial charge on any atom is -0.493 e. The number of carbonyl (C=O) groups excluding carboxylic acids is 1. The van der Waals surface area contributed by atoms with Crippen LogP contribution in [0.15, 0.2) is 29.1 Å². The number of hydrogen-bond acceptors (Lipinski definition) is 6. The normalized spacial score (nSPS) is 15.4. The average Bonchev–Trinajstić information content (AvgIpc) is 3.32. The second-order valence-electron chi connectivity index (χ2n) is 6.18. The monoisotopic (exact) mass is 376 g/mol. The molecule has 1 aromatic heterocycles. The van der Waals surface area contributed by atoms with E-state index in [0.29, 0.717) is 36.5 Å². The molecule has 1 fully saturated rings. The van der Waals surface area contributed by atoms with Gasteiger partial charge in [-0.3, -0.25) is 4.79 Å². The van der Waals surface area contributed by atoms with Crippen LogP contribution in [0.3, 0.4) is 0 Å². The number of carboxylic acid groups (broad SMARTS) is 1. The Kier molecular flexibility index (Phi) is 5.41. The van der Waals surface area contributed by atoms with E-state index in [-0.39, 0.29) is 0 Å². The van der Waals surface area contributed by atoms with Crippen LogP contribution in [0.4, 0.5) is 0 Å². The first-order valence-electron chi connectivity index (χ1n) is 8.28. The number of aromatic nitrogens is 1. The molecule has 1 aliphatic rings. The first-order valence-corrected chi connectivity index (χ1v) is 9.22. The van der Waals surface area contributed by atoms with Gasteiger partial charge in [0.15, 0.2) is 11.5 Å². The number of carbonyl (C=O) groups is 2. The lowest BCUT2D eigenvalue weighted by molar-refractivity contribution is -0.144. The number of thiazole rings is 1. The summed E-state index contributed by atoms with van der Waals surface area (Å²) in [5.74, 6) is -0.522. The van der Waals surface area contributed by atoms with Gasteiger partial charge in [0.05, 0.1) is 18.3 Å². The Hall–Kier alpha value is -2.61. The van der Waals surface area contributed by atoms with E-state index in [1.807, 2.05) is 5.38 Å². The molecule has 0 bridgehead atoms. The molecule has 3 rings (SSSR count). The molecule has 138 valence electrons. The topological polar surface area (TPSA) is 97.8 Å². The Morgan fingerprint density at radius 1 is 1.31 bits per heavy atom. The predicted molar refractivity (Wildman–Crippen MR) is 95.7 cm³/mol. The second kappa shape index (κ2) is 7.74. The van der Waals surface area contributed by atoms with Crippen LogP contribution in [0, 0.1) is 0 Å². The smallest absolute Gasteiger partial charge is 0.329 e. The van der Waals surface area contributed by atoms with Gasteiger partial charge in [-0.05, 0) is 31.0 Å². The summed E-state index contributed by atoms with van der Waals surface area (Å²) in [4.78, 5) is 28.3. The standard InChI is InChI=1S/C18H20N2O5S/c1-24-15-8-12(4-5-14(15)25-9-13-10-26-11-19-13)16(21)20-18(17(22)23)6-2-3-7-18/h4-5,8,10-11H,2-3,6-7,9H2,1H3,(H,20,21)(H,22,23). The summed E-state index contributed by atoms with van der Waals surface area (Å²) >= 11 is 1.48. The highest BCUT2D eigenvalue weighted by atomic mass is 32.1. The number of nitrogens with one attached hydrogen (secondary N) is 1. The van der Waals surface area contributed by atoms with E-state index in [1.165, 1.54) is 18.4 Å². The van der Waals surface area contributed by atoms with Gasteiger partial charge in [0.25, 0.3) is 5.91 Å². The fourth-order valence-electron chi connectivity index (χ4n) is 3.05. The Balaban J connectivity index is 1.73. The zero-order chi connectivity index (χ0) is 18.6. The summed E-state index contributed by atoms with van der Waals surface area (Å²) in [5.41, 5.74) is 1.69. The number of benzene rings is 1. The molecule has 7 nitrogen and oxygen atoms in total. The van der Waals surface area contributed by atoms with Gasteiger partial charge in [-0.25, -0.2) is 9.78 Å². The van der Waals surface area contributed by atoms with E-state index in [0.717, 1.165) is 18.5 Å². The molecular weight excluding hydrogens is 356 g/mol. The summed E-state index contributed by atoms with van der Waals surface area (Å²) in [6, 6.07) is 4.79. The average molecular weight is 376 g/mol. The molecule has 0 spiro atoms. The third-order valence-electron chi connectivity index (χ3n) is 4.50. The predicted octanol–water partition coefficient (Wildman–Crippen LogP) is 2.86. The van der Waals surface area contributed by atoms with Gasteiger partial charge in [-0.2, -0.15) is 0 Å². The van der Waals surface area contributed by atoms with Gasteiger partial charge in [-0.15, -0.1) is 11.3 Å². The van der Waals surface area contributed by atoms with Crippen molar-refractivity contribution in [3.63, 3.8) is 0 Å². The number of aliphatic carboxylic acids is 1. The maximum absolute atomic E-state index is 12.6. The summed E-state index contributed by atoms with van der Waals surface area (Å²) in [6.07, 6.45) is 2.47. The van der Waals surface area contributed by atoms with E-state index in [1.54, 1.807) is 23.7 Å². The number of methoxy groups -OCH3 is 1. The van der Waals surface area contributed by atoms with E-state index in [9.17, 15) is 14.7 Å². The number of rotatable bonds is 7. The number of hydrogen-bond donors (Lipinski definition) is 2. The zero-order valence-corrected chi connectivity index (χ0v) is 15.2. The van der Waals surface area contributed by atoms with E-state index < -0.39 is 17.4 Å². The number of nitrogens with zero attached hydrogens (tertiary/aromatic N) is 1. The van der Waals surface area contributed by atoms with Crippen LogP contribution in [0.5, 0.6) is 11.5 Å². The molecule has 1 saturated carbocycles. The molecule has 0 atom stereocenters. The van der Waals surface area contributed by atoms with Crippen LogP contribution >= 0.6 is 11.3 Å². The SMILES string of the molecule is COc1cc(C(=O)NC2(C(=O)O)CCCC2)ccc1OCc1cscn1. The van der Waals surface area contributed by atoms with Crippen molar-refractivity contribution < 1.29 is 24.2 Å². The first-order chi connectivity index (χ1) is 12.5. The van der Waals surface area contributed by atoms with Crippen LogP contribution in [-0.4, -0.2) is 34.6 Å². The summed E-state index contributed by atoms with van der Waals surface area (Å²) < 4.78 is 11.0. The molecule has 2 aromatic rings. The molecule has 2 N–H and O–H groups in total. The molecular formula is C18H20N2O5S. The maximum atomic E-state index is 12.6. The highest BCUT2D eigenvalue weighted by Gasteiger charge is 2.42. The largest absolute Gasteiger partial charge is 0.493 e. The third-order valence-corrected chi connectivity index (χ3v) is 5.14. The van der Waals surface area contributed by atoms with Crippen molar-refractivity contribution in [2.24, 2.45) is 0 Å². The first kappa shape index (κ1) is 18.2. The maximum Gasteiger partial charge on any atom is 0.329 e. The second-order valence-corrected chi connectivity index (χ2v) is 6.90. The van der Waals surface area contributed by atoms with Gasteiger partial charge in [0.1, 0.15) is 12.1 Å². The Morgan fingerprint density at radius 3 is 2.69 bits per heavy atom.